The van der Waals surface area contributed by atoms with E-state index in [4.69, 9.17) is 0 Å². The van der Waals surface area contributed by atoms with Crippen molar-refractivity contribution in [3.8, 4) is 0 Å². The van der Waals surface area contributed by atoms with Gasteiger partial charge in [0, 0.05) is 6.54 Å². The minimum absolute atomic E-state index is 0.111. The van der Waals surface area contributed by atoms with Crippen LogP contribution in [0.1, 0.15) is 11.1 Å². The molecule has 0 fully saturated rings. The number of ether oxygens (including phenoxy) is 1. The Morgan fingerprint density at radius 2 is 1.83 bits per heavy atom. The summed E-state index contributed by atoms with van der Waals surface area (Å²) in [6.45, 7) is -0.830. The van der Waals surface area contributed by atoms with E-state index in [0.29, 0.717) is 12.1 Å². The molecule has 102 valence electrons. The number of benzene rings is 1. The summed E-state index contributed by atoms with van der Waals surface area (Å²) in [4.78, 5) is 0. The van der Waals surface area contributed by atoms with Gasteiger partial charge in [-0.15, -0.1) is 0 Å². The molecular formula is C12H15F4NO. The largest absolute Gasteiger partial charge is 0.370 e. The quantitative estimate of drug-likeness (QED) is 0.765. The van der Waals surface area contributed by atoms with E-state index in [1.165, 1.54) is 0 Å². The fraction of sp³-hybridized carbons (Fsp3) is 0.500. The van der Waals surface area contributed by atoms with Gasteiger partial charge in [-0.1, -0.05) is 24.3 Å². The average molecular weight is 265 g/mol. The summed E-state index contributed by atoms with van der Waals surface area (Å²) in [5, 5.41) is 2.93. The molecule has 1 N–H and O–H groups in total. The van der Waals surface area contributed by atoms with E-state index >= 15 is 0 Å². The van der Waals surface area contributed by atoms with Crippen LogP contribution in [0.25, 0.3) is 0 Å². The van der Waals surface area contributed by atoms with E-state index in [1.807, 2.05) is 12.1 Å². The van der Waals surface area contributed by atoms with Crippen LogP contribution in [0.3, 0.4) is 0 Å². The van der Waals surface area contributed by atoms with Crippen molar-refractivity contribution in [2.45, 2.75) is 25.5 Å². The van der Waals surface area contributed by atoms with Gasteiger partial charge in [-0.25, -0.2) is 8.78 Å². The molecule has 0 aliphatic heterocycles. The molecule has 0 bridgehead atoms. The van der Waals surface area contributed by atoms with Crippen molar-refractivity contribution in [1.82, 2.24) is 5.32 Å². The maximum Gasteiger partial charge on any atom is 0.330 e. The van der Waals surface area contributed by atoms with Gasteiger partial charge in [0.2, 0.25) is 0 Å². The smallest absolute Gasteiger partial charge is 0.330 e. The Labute approximate surface area is 103 Å². The van der Waals surface area contributed by atoms with Gasteiger partial charge < -0.3 is 10.1 Å². The lowest BCUT2D eigenvalue weighted by Crippen LogP contribution is -2.32. The van der Waals surface area contributed by atoms with Gasteiger partial charge in [-0.3, -0.25) is 0 Å². The first-order chi connectivity index (χ1) is 8.47. The molecular weight excluding hydrogens is 250 g/mol. The Bertz CT molecular complexity index is 371. The molecule has 0 aliphatic carbocycles. The normalized spacial score (nSPS) is 12.1. The fourth-order valence-electron chi connectivity index (χ4n) is 1.42. The molecule has 1 aromatic carbocycles. The van der Waals surface area contributed by atoms with Crippen molar-refractivity contribution >= 4 is 0 Å². The summed E-state index contributed by atoms with van der Waals surface area (Å²) in [7, 11) is 1.75. The highest BCUT2D eigenvalue weighted by atomic mass is 19.3. The number of nitrogens with one attached hydrogen (secondary N) is 1. The Morgan fingerprint density at radius 3 is 2.39 bits per heavy atom. The first kappa shape index (κ1) is 14.9. The molecule has 2 nitrogen and oxygen atoms in total. The summed E-state index contributed by atoms with van der Waals surface area (Å²) in [5.41, 5.74) is 1.59. The highest BCUT2D eigenvalue weighted by Gasteiger charge is 2.40. The van der Waals surface area contributed by atoms with Crippen molar-refractivity contribution in [3.05, 3.63) is 35.4 Å². The van der Waals surface area contributed by atoms with Gasteiger partial charge >= 0.3 is 12.3 Å². The van der Waals surface area contributed by atoms with Crippen molar-refractivity contribution in [3.63, 3.8) is 0 Å². The summed E-state index contributed by atoms with van der Waals surface area (Å²) in [6.07, 6.45) is -3.70. The molecule has 0 aromatic heterocycles. The van der Waals surface area contributed by atoms with E-state index in [1.54, 1.807) is 19.2 Å². The van der Waals surface area contributed by atoms with E-state index in [2.05, 4.69) is 10.1 Å². The van der Waals surface area contributed by atoms with Crippen LogP contribution >= 0.6 is 0 Å². The molecule has 0 aliphatic rings. The Hall–Kier alpha value is -1.14. The second-order valence-corrected chi connectivity index (χ2v) is 3.85. The number of hydrogen-bond donors (Lipinski definition) is 1. The molecule has 0 spiro atoms. The van der Waals surface area contributed by atoms with Crippen molar-refractivity contribution in [1.29, 1.82) is 0 Å². The van der Waals surface area contributed by atoms with Crippen molar-refractivity contribution in [2.24, 2.45) is 0 Å². The molecule has 1 rings (SSSR count). The monoisotopic (exact) mass is 265 g/mol. The topological polar surface area (TPSA) is 21.3 Å². The van der Waals surface area contributed by atoms with Gasteiger partial charge in [0.1, 0.15) is 6.61 Å². The third-order valence-electron chi connectivity index (χ3n) is 2.36. The second-order valence-electron chi connectivity index (χ2n) is 3.85. The molecule has 0 heterocycles. The lowest BCUT2D eigenvalue weighted by atomic mass is 10.1. The highest BCUT2D eigenvalue weighted by Crippen LogP contribution is 2.23. The van der Waals surface area contributed by atoms with Crippen LogP contribution in [0, 0.1) is 0 Å². The minimum atomic E-state index is -4.10. The molecule has 0 radical (unpaired) electrons. The third kappa shape index (κ3) is 4.27. The van der Waals surface area contributed by atoms with Crippen molar-refractivity contribution < 1.29 is 22.3 Å². The predicted octanol–water partition coefficient (Wildman–Crippen LogP) is 2.82. The summed E-state index contributed by atoms with van der Waals surface area (Å²) >= 11 is 0. The van der Waals surface area contributed by atoms with Crippen molar-refractivity contribution in [2.75, 3.05) is 13.7 Å². The SMILES string of the molecule is CNCc1ccccc1COCC(F)(F)C(F)F. The molecule has 0 unspecified atom stereocenters. The van der Waals surface area contributed by atoms with Gasteiger partial charge in [0.05, 0.1) is 6.61 Å². The Kier molecular flexibility index (Phi) is 5.55. The maximum atomic E-state index is 12.6. The lowest BCUT2D eigenvalue weighted by Gasteiger charge is -2.16. The number of halogens is 4. The molecule has 0 saturated carbocycles. The molecule has 6 heteroatoms. The number of alkyl halides is 4. The zero-order valence-electron chi connectivity index (χ0n) is 9.93. The zero-order chi connectivity index (χ0) is 13.6. The highest BCUT2D eigenvalue weighted by molar-refractivity contribution is 5.26. The molecule has 1 aromatic rings. The van der Waals surface area contributed by atoms with Crippen LogP contribution in [0.4, 0.5) is 17.6 Å². The zero-order valence-corrected chi connectivity index (χ0v) is 9.93. The Morgan fingerprint density at radius 1 is 1.22 bits per heavy atom. The molecule has 0 atom stereocenters. The summed E-state index contributed by atoms with van der Waals surface area (Å²) in [6, 6.07) is 7.08. The van der Waals surface area contributed by atoms with E-state index in [9.17, 15) is 17.6 Å². The molecule has 0 saturated heterocycles. The lowest BCUT2D eigenvalue weighted by molar-refractivity contribution is -0.168. The summed E-state index contributed by atoms with van der Waals surface area (Å²) < 4.78 is 53.7. The number of hydrogen-bond acceptors (Lipinski definition) is 2. The predicted molar refractivity (Wildman–Crippen MR) is 59.8 cm³/mol. The molecule has 0 amide bonds. The van der Waals surface area contributed by atoms with Gasteiger partial charge in [-0.05, 0) is 18.2 Å². The summed E-state index contributed by atoms with van der Waals surface area (Å²) in [5.74, 6) is -4.10. The standard InChI is InChI=1S/C12H15F4NO/c1-17-6-9-4-2-3-5-10(9)7-18-8-12(15,16)11(13)14/h2-5,11,17H,6-8H2,1H3. The second kappa shape index (κ2) is 6.70. The van der Waals surface area contributed by atoms with Crippen LogP contribution in [0.2, 0.25) is 0 Å². The van der Waals surface area contributed by atoms with Crippen LogP contribution in [-0.2, 0) is 17.9 Å². The van der Waals surface area contributed by atoms with Gasteiger partial charge in [-0.2, -0.15) is 8.78 Å². The van der Waals surface area contributed by atoms with Crippen LogP contribution in [-0.4, -0.2) is 26.0 Å². The fourth-order valence-corrected chi connectivity index (χ4v) is 1.42. The van der Waals surface area contributed by atoms with Gasteiger partial charge in [0.15, 0.2) is 0 Å². The van der Waals surface area contributed by atoms with Crippen LogP contribution < -0.4 is 5.32 Å². The molecule has 18 heavy (non-hydrogen) atoms. The first-order valence-corrected chi connectivity index (χ1v) is 5.42. The maximum absolute atomic E-state index is 12.6. The van der Waals surface area contributed by atoms with Gasteiger partial charge in [0.25, 0.3) is 0 Å². The van der Waals surface area contributed by atoms with E-state index in [0.717, 1.165) is 5.56 Å². The van der Waals surface area contributed by atoms with Crippen LogP contribution in [0.5, 0.6) is 0 Å². The Balaban J connectivity index is 2.53. The van der Waals surface area contributed by atoms with E-state index in [-0.39, 0.29) is 6.61 Å². The average Bonchev–Trinajstić information content (AvgIpc) is 2.31. The first-order valence-electron chi connectivity index (χ1n) is 5.42. The third-order valence-corrected chi connectivity index (χ3v) is 2.36. The van der Waals surface area contributed by atoms with E-state index < -0.39 is 19.0 Å². The van der Waals surface area contributed by atoms with Crippen LogP contribution in [0.15, 0.2) is 24.3 Å². The minimum Gasteiger partial charge on any atom is -0.370 e. The number of rotatable bonds is 7.